The number of ether oxygens (including phenoxy) is 2. The zero-order valence-corrected chi connectivity index (χ0v) is 16.1. The molecule has 0 spiro atoms. The Morgan fingerprint density at radius 1 is 0.964 bits per heavy atom. The molecule has 0 aliphatic carbocycles. The van der Waals surface area contributed by atoms with Crippen LogP contribution in [0.5, 0.6) is 0 Å². The fourth-order valence-electron chi connectivity index (χ4n) is 4.51. The SMILES string of the molecule is COC(=O)[C@H]1[C@H]2c3ccccc3CCN2N(Cc2ccccc2)[C@H]1C(=O)OC. The summed E-state index contributed by atoms with van der Waals surface area (Å²) in [5.41, 5.74) is 3.36. The Kier molecular flexibility index (Phi) is 5.15. The van der Waals surface area contributed by atoms with E-state index in [1.54, 1.807) is 0 Å². The highest BCUT2D eigenvalue weighted by atomic mass is 16.5. The molecule has 0 amide bonds. The van der Waals surface area contributed by atoms with E-state index in [2.05, 4.69) is 11.1 Å². The third-order valence-corrected chi connectivity index (χ3v) is 5.74. The molecule has 0 saturated carbocycles. The van der Waals surface area contributed by atoms with E-state index in [9.17, 15) is 9.59 Å². The van der Waals surface area contributed by atoms with Crippen LogP contribution < -0.4 is 0 Å². The molecule has 2 aromatic rings. The summed E-state index contributed by atoms with van der Waals surface area (Å²) in [6, 6.07) is 17.1. The van der Waals surface area contributed by atoms with Crippen LogP contribution >= 0.6 is 0 Å². The van der Waals surface area contributed by atoms with Crippen molar-refractivity contribution >= 4 is 11.9 Å². The Bertz CT molecular complexity index is 870. The van der Waals surface area contributed by atoms with Crippen LogP contribution in [-0.4, -0.2) is 48.8 Å². The lowest BCUT2D eigenvalue weighted by atomic mass is 9.84. The summed E-state index contributed by atoms with van der Waals surface area (Å²) in [5.74, 6) is -1.46. The highest BCUT2D eigenvalue weighted by Crippen LogP contribution is 2.46. The van der Waals surface area contributed by atoms with Crippen molar-refractivity contribution in [1.29, 1.82) is 0 Å². The van der Waals surface area contributed by atoms with Gasteiger partial charge in [0.1, 0.15) is 12.0 Å². The van der Waals surface area contributed by atoms with Crippen LogP contribution in [0.3, 0.4) is 0 Å². The molecular weight excluding hydrogens is 356 g/mol. The maximum Gasteiger partial charge on any atom is 0.325 e. The standard InChI is InChI=1S/C22H24N2O4/c1-27-21(25)18-19-17-11-7-6-10-16(17)12-13-23(19)24(20(18)22(26)28-2)14-15-8-4-3-5-9-15/h3-11,18-20H,12-14H2,1-2H3/t18-,19+,20+/m0/s1. The van der Waals surface area contributed by atoms with Crippen molar-refractivity contribution in [2.45, 2.75) is 25.0 Å². The van der Waals surface area contributed by atoms with Gasteiger partial charge in [0.25, 0.3) is 0 Å². The number of benzene rings is 2. The lowest BCUT2D eigenvalue weighted by Gasteiger charge is -2.37. The molecular formula is C22H24N2O4. The molecule has 0 aromatic heterocycles. The first-order valence-corrected chi connectivity index (χ1v) is 9.46. The van der Waals surface area contributed by atoms with E-state index in [0.29, 0.717) is 6.54 Å². The lowest BCUT2D eigenvalue weighted by molar-refractivity contribution is -0.158. The van der Waals surface area contributed by atoms with E-state index in [4.69, 9.17) is 9.47 Å². The quantitative estimate of drug-likeness (QED) is 0.759. The Hall–Kier alpha value is -2.70. The smallest absolute Gasteiger partial charge is 0.325 e. The van der Waals surface area contributed by atoms with Crippen molar-refractivity contribution in [2.75, 3.05) is 20.8 Å². The van der Waals surface area contributed by atoms with E-state index in [1.165, 1.54) is 19.8 Å². The Labute approximate surface area is 164 Å². The number of fused-ring (bicyclic) bond motifs is 3. The number of nitrogens with zero attached hydrogens (tertiary/aromatic N) is 2. The second kappa shape index (κ2) is 7.73. The molecule has 4 rings (SSSR count). The van der Waals surface area contributed by atoms with Gasteiger partial charge in [-0.05, 0) is 23.1 Å². The summed E-state index contributed by atoms with van der Waals surface area (Å²) in [5, 5.41) is 4.14. The van der Waals surface area contributed by atoms with Gasteiger partial charge in [-0.1, -0.05) is 54.6 Å². The minimum Gasteiger partial charge on any atom is -0.469 e. The Balaban J connectivity index is 1.81. The van der Waals surface area contributed by atoms with Crippen LogP contribution in [0.2, 0.25) is 0 Å². The summed E-state index contributed by atoms with van der Waals surface area (Å²) >= 11 is 0. The monoisotopic (exact) mass is 380 g/mol. The summed E-state index contributed by atoms with van der Waals surface area (Å²) in [7, 11) is 2.73. The molecule has 2 aliphatic rings. The first-order chi connectivity index (χ1) is 13.7. The number of hydrogen-bond donors (Lipinski definition) is 0. The number of hydrazine groups is 1. The normalized spacial score (nSPS) is 24.3. The molecule has 2 aromatic carbocycles. The summed E-state index contributed by atoms with van der Waals surface area (Å²) in [6.45, 7) is 1.25. The molecule has 0 bridgehead atoms. The van der Waals surface area contributed by atoms with Crippen molar-refractivity contribution in [1.82, 2.24) is 10.0 Å². The topological polar surface area (TPSA) is 59.1 Å². The number of rotatable bonds is 4. The zero-order valence-electron chi connectivity index (χ0n) is 16.1. The molecule has 6 heteroatoms. The van der Waals surface area contributed by atoms with Crippen LogP contribution in [0.4, 0.5) is 0 Å². The van der Waals surface area contributed by atoms with Gasteiger partial charge in [0.2, 0.25) is 0 Å². The highest BCUT2D eigenvalue weighted by Gasteiger charge is 2.56. The van der Waals surface area contributed by atoms with Crippen molar-refractivity contribution in [3.63, 3.8) is 0 Å². The van der Waals surface area contributed by atoms with Gasteiger partial charge in [-0.3, -0.25) is 9.59 Å². The van der Waals surface area contributed by atoms with E-state index in [-0.39, 0.29) is 6.04 Å². The lowest BCUT2D eigenvalue weighted by Crippen LogP contribution is -2.47. The molecule has 0 N–H and O–H groups in total. The van der Waals surface area contributed by atoms with Gasteiger partial charge in [-0.25, -0.2) is 10.0 Å². The van der Waals surface area contributed by atoms with Crippen molar-refractivity contribution < 1.29 is 19.1 Å². The molecule has 2 heterocycles. The number of carbonyl (C=O) groups excluding carboxylic acids is 2. The van der Waals surface area contributed by atoms with E-state index >= 15 is 0 Å². The first-order valence-electron chi connectivity index (χ1n) is 9.46. The molecule has 0 radical (unpaired) electrons. The molecule has 1 saturated heterocycles. The number of carbonyl (C=O) groups is 2. The van der Waals surface area contributed by atoms with Gasteiger partial charge in [-0.15, -0.1) is 0 Å². The van der Waals surface area contributed by atoms with Gasteiger partial charge in [0, 0.05) is 13.1 Å². The Morgan fingerprint density at radius 3 is 2.36 bits per heavy atom. The molecule has 2 aliphatic heterocycles. The number of hydrogen-bond acceptors (Lipinski definition) is 6. The average Bonchev–Trinajstić information content (AvgIpc) is 3.08. The van der Waals surface area contributed by atoms with Gasteiger partial charge in [-0.2, -0.15) is 0 Å². The van der Waals surface area contributed by atoms with Gasteiger partial charge >= 0.3 is 11.9 Å². The van der Waals surface area contributed by atoms with E-state index < -0.39 is 23.9 Å². The maximum atomic E-state index is 12.8. The summed E-state index contributed by atoms with van der Waals surface area (Å²) in [6.07, 6.45) is 0.861. The van der Waals surface area contributed by atoms with Gasteiger partial charge in [0.15, 0.2) is 0 Å². The predicted octanol–water partition coefficient (Wildman–Crippen LogP) is 2.35. The molecule has 1 fully saturated rings. The molecule has 28 heavy (non-hydrogen) atoms. The van der Waals surface area contributed by atoms with Crippen LogP contribution in [0, 0.1) is 5.92 Å². The zero-order chi connectivity index (χ0) is 19.7. The Morgan fingerprint density at radius 2 is 1.64 bits per heavy atom. The summed E-state index contributed by atoms with van der Waals surface area (Å²) in [4.78, 5) is 25.6. The number of methoxy groups -OCH3 is 2. The second-order valence-electron chi connectivity index (χ2n) is 7.16. The second-order valence-corrected chi connectivity index (χ2v) is 7.16. The van der Waals surface area contributed by atoms with E-state index in [0.717, 1.165) is 24.1 Å². The minimum atomic E-state index is -0.728. The van der Waals surface area contributed by atoms with Crippen LogP contribution in [-0.2, 0) is 32.0 Å². The van der Waals surface area contributed by atoms with Crippen LogP contribution in [0.25, 0.3) is 0 Å². The summed E-state index contributed by atoms with van der Waals surface area (Å²) < 4.78 is 10.2. The van der Waals surface area contributed by atoms with E-state index in [1.807, 2.05) is 53.5 Å². The predicted molar refractivity (Wildman–Crippen MR) is 103 cm³/mol. The maximum absolute atomic E-state index is 12.8. The minimum absolute atomic E-state index is 0.245. The molecule has 6 nitrogen and oxygen atoms in total. The van der Waals surface area contributed by atoms with Crippen LogP contribution in [0.15, 0.2) is 54.6 Å². The van der Waals surface area contributed by atoms with Gasteiger partial charge < -0.3 is 9.47 Å². The molecule has 3 atom stereocenters. The first kappa shape index (κ1) is 18.7. The van der Waals surface area contributed by atoms with Gasteiger partial charge in [0.05, 0.1) is 20.3 Å². The van der Waals surface area contributed by atoms with Crippen molar-refractivity contribution in [3.8, 4) is 0 Å². The van der Waals surface area contributed by atoms with Crippen molar-refractivity contribution in [3.05, 3.63) is 71.3 Å². The fraction of sp³-hybridized carbons (Fsp3) is 0.364. The molecule has 0 unspecified atom stereocenters. The largest absolute Gasteiger partial charge is 0.469 e. The third-order valence-electron chi connectivity index (χ3n) is 5.74. The van der Waals surface area contributed by atoms with Crippen molar-refractivity contribution in [2.24, 2.45) is 5.92 Å². The average molecular weight is 380 g/mol. The highest BCUT2D eigenvalue weighted by molar-refractivity contribution is 5.86. The number of esters is 2. The van der Waals surface area contributed by atoms with Crippen LogP contribution in [0.1, 0.15) is 22.7 Å². The molecule has 146 valence electrons. The third kappa shape index (κ3) is 3.08. The fourth-order valence-corrected chi connectivity index (χ4v) is 4.51.